The van der Waals surface area contributed by atoms with Crippen molar-refractivity contribution in [1.82, 2.24) is 9.88 Å². The van der Waals surface area contributed by atoms with E-state index in [2.05, 4.69) is 4.98 Å². The van der Waals surface area contributed by atoms with E-state index in [9.17, 15) is 4.79 Å². The number of carbonyl (C=O) groups excluding carboxylic acids is 1. The van der Waals surface area contributed by atoms with Crippen molar-refractivity contribution in [2.24, 2.45) is 5.73 Å². The van der Waals surface area contributed by atoms with E-state index in [1.54, 1.807) is 17.3 Å². The molecule has 2 heterocycles. The van der Waals surface area contributed by atoms with Gasteiger partial charge in [-0.25, -0.2) is 4.79 Å². The first-order valence-electron chi connectivity index (χ1n) is 8.16. The lowest BCUT2D eigenvalue weighted by molar-refractivity contribution is 0.00355. The maximum atomic E-state index is 12.4. The van der Waals surface area contributed by atoms with Gasteiger partial charge in [0.15, 0.2) is 0 Å². The Bertz CT molecular complexity index is 528. The molecule has 0 spiro atoms. The van der Waals surface area contributed by atoms with E-state index in [1.165, 1.54) is 0 Å². The van der Waals surface area contributed by atoms with Crippen LogP contribution in [-0.2, 0) is 11.3 Å². The zero-order chi connectivity index (χ0) is 16.9. The molecule has 0 aliphatic carbocycles. The molecule has 0 bridgehead atoms. The standard InChI is InChI=1S/C17H27N3O3/c1-17(2,3)23-16(21)20-9-5-4-6-14(20)12-22-15-11-19-8-7-13(15)10-18/h7-8,11,14H,4-6,9-10,12,18H2,1-3H3/t14-/m0/s1. The first kappa shape index (κ1) is 17.5. The largest absolute Gasteiger partial charge is 0.489 e. The summed E-state index contributed by atoms with van der Waals surface area (Å²) in [5, 5.41) is 0. The topological polar surface area (TPSA) is 77.7 Å². The molecule has 1 amide bonds. The second-order valence-corrected chi connectivity index (χ2v) is 6.82. The molecule has 1 atom stereocenters. The van der Waals surface area contributed by atoms with Gasteiger partial charge in [-0.2, -0.15) is 0 Å². The van der Waals surface area contributed by atoms with Gasteiger partial charge in [-0.1, -0.05) is 0 Å². The Balaban J connectivity index is 2.00. The molecule has 0 radical (unpaired) electrons. The summed E-state index contributed by atoms with van der Waals surface area (Å²) >= 11 is 0. The first-order valence-corrected chi connectivity index (χ1v) is 8.16. The van der Waals surface area contributed by atoms with Crippen LogP contribution < -0.4 is 10.5 Å². The molecule has 1 saturated heterocycles. The Morgan fingerprint density at radius 3 is 2.91 bits per heavy atom. The molecule has 1 aliphatic heterocycles. The van der Waals surface area contributed by atoms with Gasteiger partial charge in [-0.05, 0) is 46.1 Å². The van der Waals surface area contributed by atoms with Crippen LogP contribution in [0.4, 0.5) is 4.79 Å². The highest BCUT2D eigenvalue weighted by Crippen LogP contribution is 2.22. The van der Waals surface area contributed by atoms with E-state index in [0.717, 1.165) is 24.8 Å². The Morgan fingerprint density at radius 2 is 2.22 bits per heavy atom. The Hall–Kier alpha value is -1.82. The molecule has 1 aliphatic rings. The average molecular weight is 321 g/mol. The minimum absolute atomic E-state index is 0.0180. The molecule has 1 aromatic rings. The fourth-order valence-electron chi connectivity index (χ4n) is 2.63. The van der Waals surface area contributed by atoms with Crippen LogP contribution in [0, 0.1) is 0 Å². The van der Waals surface area contributed by atoms with Crippen molar-refractivity contribution < 1.29 is 14.3 Å². The lowest BCUT2D eigenvalue weighted by atomic mass is 10.0. The fraction of sp³-hybridized carbons (Fsp3) is 0.647. The second kappa shape index (κ2) is 7.64. The molecule has 6 nitrogen and oxygen atoms in total. The van der Waals surface area contributed by atoms with Crippen molar-refractivity contribution in [3.05, 3.63) is 24.0 Å². The van der Waals surface area contributed by atoms with Gasteiger partial charge < -0.3 is 20.1 Å². The number of nitrogens with zero attached hydrogens (tertiary/aromatic N) is 2. The Morgan fingerprint density at radius 1 is 1.43 bits per heavy atom. The number of likely N-dealkylation sites (tertiary alicyclic amines) is 1. The maximum absolute atomic E-state index is 12.4. The molecule has 2 rings (SSSR count). The van der Waals surface area contributed by atoms with E-state index in [0.29, 0.717) is 25.4 Å². The van der Waals surface area contributed by atoms with Crippen LogP contribution in [0.25, 0.3) is 0 Å². The van der Waals surface area contributed by atoms with E-state index >= 15 is 0 Å². The van der Waals surface area contributed by atoms with Gasteiger partial charge in [0.05, 0.1) is 12.2 Å². The van der Waals surface area contributed by atoms with Gasteiger partial charge >= 0.3 is 6.09 Å². The lowest BCUT2D eigenvalue weighted by Gasteiger charge is -2.36. The van der Waals surface area contributed by atoms with Crippen LogP contribution >= 0.6 is 0 Å². The first-order chi connectivity index (χ1) is 10.9. The van der Waals surface area contributed by atoms with Gasteiger partial charge in [0.1, 0.15) is 18.0 Å². The molecule has 128 valence electrons. The summed E-state index contributed by atoms with van der Waals surface area (Å²) in [5.74, 6) is 0.685. The third-order valence-corrected chi connectivity index (χ3v) is 3.78. The van der Waals surface area contributed by atoms with Crippen molar-refractivity contribution in [3.8, 4) is 5.75 Å². The molecular weight excluding hydrogens is 294 g/mol. The van der Waals surface area contributed by atoms with Crippen molar-refractivity contribution in [2.45, 2.75) is 58.2 Å². The van der Waals surface area contributed by atoms with Crippen LogP contribution in [0.15, 0.2) is 18.5 Å². The molecule has 1 fully saturated rings. The smallest absolute Gasteiger partial charge is 0.410 e. The lowest BCUT2D eigenvalue weighted by Crippen LogP contribution is -2.48. The van der Waals surface area contributed by atoms with Crippen LogP contribution in [0.5, 0.6) is 5.75 Å². The van der Waals surface area contributed by atoms with Gasteiger partial charge in [0.2, 0.25) is 0 Å². The summed E-state index contributed by atoms with van der Waals surface area (Å²) in [6, 6.07) is 1.87. The molecule has 6 heteroatoms. The highest BCUT2D eigenvalue weighted by Gasteiger charge is 2.31. The van der Waals surface area contributed by atoms with Gasteiger partial charge in [0, 0.05) is 24.8 Å². The predicted octanol–water partition coefficient (Wildman–Crippen LogP) is 2.71. The Kier molecular flexibility index (Phi) is 5.82. The number of piperidine rings is 1. The number of hydrogen-bond acceptors (Lipinski definition) is 5. The Labute approximate surface area is 138 Å². The zero-order valence-electron chi connectivity index (χ0n) is 14.2. The van der Waals surface area contributed by atoms with Crippen molar-refractivity contribution in [2.75, 3.05) is 13.2 Å². The molecule has 0 unspecified atom stereocenters. The normalized spacial score (nSPS) is 18.6. The number of hydrogen-bond donors (Lipinski definition) is 1. The zero-order valence-corrected chi connectivity index (χ0v) is 14.2. The maximum Gasteiger partial charge on any atom is 0.410 e. The van der Waals surface area contributed by atoms with Gasteiger partial charge in [0.25, 0.3) is 0 Å². The van der Waals surface area contributed by atoms with E-state index in [-0.39, 0.29) is 12.1 Å². The van der Waals surface area contributed by atoms with Gasteiger partial charge in [-0.3, -0.25) is 4.98 Å². The van der Waals surface area contributed by atoms with Crippen LogP contribution in [-0.4, -0.2) is 40.8 Å². The molecule has 1 aromatic heterocycles. The minimum atomic E-state index is -0.490. The van der Waals surface area contributed by atoms with Crippen molar-refractivity contribution in [1.29, 1.82) is 0 Å². The molecule has 0 saturated carbocycles. The third-order valence-electron chi connectivity index (χ3n) is 3.78. The molecule has 23 heavy (non-hydrogen) atoms. The number of nitrogens with two attached hydrogens (primary N) is 1. The van der Waals surface area contributed by atoms with Crippen LogP contribution in [0.1, 0.15) is 45.6 Å². The molecule has 0 aromatic carbocycles. The van der Waals surface area contributed by atoms with Crippen LogP contribution in [0.3, 0.4) is 0 Å². The molecular formula is C17H27N3O3. The number of ether oxygens (including phenoxy) is 2. The second-order valence-electron chi connectivity index (χ2n) is 6.82. The van der Waals surface area contributed by atoms with E-state index in [4.69, 9.17) is 15.2 Å². The number of rotatable bonds is 4. The average Bonchev–Trinajstić information content (AvgIpc) is 2.51. The summed E-state index contributed by atoms with van der Waals surface area (Å²) in [6.07, 6.45) is 6.10. The third kappa shape index (κ3) is 5.10. The molecule has 2 N–H and O–H groups in total. The number of amides is 1. The van der Waals surface area contributed by atoms with Crippen molar-refractivity contribution in [3.63, 3.8) is 0 Å². The quantitative estimate of drug-likeness (QED) is 0.922. The number of aromatic nitrogens is 1. The van der Waals surface area contributed by atoms with E-state index in [1.807, 2.05) is 26.8 Å². The summed E-state index contributed by atoms with van der Waals surface area (Å²) in [6.45, 7) is 7.17. The van der Waals surface area contributed by atoms with Crippen molar-refractivity contribution >= 4 is 6.09 Å². The van der Waals surface area contributed by atoms with Gasteiger partial charge in [-0.15, -0.1) is 0 Å². The monoisotopic (exact) mass is 321 g/mol. The summed E-state index contributed by atoms with van der Waals surface area (Å²) in [4.78, 5) is 18.2. The fourth-order valence-corrected chi connectivity index (χ4v) is 2.63. The SMILES string of the molecule is CC(C)(C)OC(=O)N1CCCC[C@H]1COc1cnccc1CN. The predicted molar refractivity (Wildman–Crippen MR) is 88.2 cm³/mol. The number of pyridine rings is 1. The highest BCUT2D eigenvalue weighted by molar-refractivity contribution is 5.68. The number of carbonyl (C=O) groups is 1. The summed E-state index contributed by atoms with van der Waals surface area (Å²) < 4.78 is 11.4. The summed E-state index contributed by atoms with van der Waals surface area (Å²) in [7, 11) is 0. The summed E-state index contributed by atoms with van der Waals surface area (Å²) in [5.41, 5.74) is 6.14. The van der Waals surface area contributed by atoms with E-state index < -0.39 is 5.60 Å². The minimum Gasteiger partial charge on any atom is -0.489 e. The highest BCUT2D eigenvalue weighted by atomic mass is 16.6. The van der Waals surface area contributed by atoms with Crippen LogP contribution in [0.2, 0.25) is 0 Å².